The Bertz CT molecular complexity index is 262. The quantitative estimate of drug-likeness (QED) is 0.737. The Hall–Kier alpha value is -0.680. The third-order valence-corrected chi connectivity index (χ3v) is 2.32. The zero-order chi connectivity index (χ0) is 10.4. The normalized spacial score (nSPS) is 10.9. The van der Waals surface area contributed by atoms with E-state index in [4.69, 9.17) is 4.74 Å². The van der Waals surface area contributed by atoms with Crippen LogP contribution in [0.5, 0.6) is 0 Å². The Morgan fingerprint density at radius 3 is 2.86 bits per heavy atom. The van der Waals surface area contributed by atoms with Crippen LogP contribution in [0.4, 0.5) is 5.13 Å². The average Bonchev–Trinajstić information content (AvgIpc) is 2.60. The van der Waals surface area contributed by atoms with Gasteiger partial charge in [-0.15, -0.1) is 0 Å². The second kappa shape index (κ2) is 5.93. The molecule has 1 rings (SSSR count). The lowest BCUT2D eigenvalue weighted by atomic mass is 10.5. The molecular weight excluding hydrogens is 198 g/mol. The van der Waals surface area contributed by atoms with Crippen molar-refractivity contribution in [3.63, 3.8) is 0 Å². The maximum Gasteiger partial charge on any atom is 0.202 e. The first kappa shape index (κ1) is 11.4. The summed E-state index contributed by atoms with van der Waals surface area (Å²) in [7, 11) is 0. The van der Waals surface area contributed by atoms with Gasteiger partial charge < -0.3 is 10.1 Å². The van der Waals surface area contributed by atoms with Crippen LogP contribution in [-0.2, 0) is 11.2 Å². The number of anilines is 1. The number of aryl methyl sites for hydroxylation is 1. The van der Waals surface area contributed by atoms with Crippen molar-refractivity contribution >= 4 is 16.7 Å². The first-order valence-electron chi connectivity index (χ1n) is 4.90. The van der Waals surface area contributed by atoms with E-state index in [0.717, 1.165) is 23.9 Å². The van der Waals surface area contributed by atoms with E-state index in [9.17, 15) is 0 Å². The second-order valence-electron chi connectivity index (χ2n) is 3.22. The highest BCUT2D eigenvalue weighted by Crippen LogP contribution is 2.10. The second-order valence-corrected chi connectivity index (χ2v) is 3.97. The molecule has 0 aliphatic carbocycles. The van der Waals surface area contributed by atoms with Crippen molar-refractivity contribution in [1.82, 2.24) is 9.36 Å². The van der Waals surface area contributed by atoms with E-state index in [1.165, 1.54) is 11.5 Å². The topological polar surface area (TPSA) is 47.0 Å². The molecular formula is C9H17N3OS. The molecule has 0 aliphatic heterocycles. The van der Waals surface area contributed by atoms with Gasteiger partial charge in [-0.05, 0) is 13.8 Å². The van der Waals surface area contributed by atoms with E-state index in [1.807, 2.05) is 20.8 Å². The Labute approximate surface area is 88.9 Å². The molecule has 0 aliphatic rings. The molecule has 5 heteroatoms. The molecule has 0 unspecified atom stereocenters. The SMILES string of the molecule is CCc1nsc(NCCOC(C)C)n1. The number of hydrogen-bond acceptors (Lipinski definition) is 5. The summed E-state index contributed by atoms with van der Waals surface area (Å²) in [5.74, 6) is 0.905. The molecule has 1 aromatic rings. The summed E-state index contributed by atoms with van der Waals surface area (Å²) >= 11 is 1.41. The van der Waals surface area contributed by atoms with Crippen molar-refractivity contribution in [2.45, 2.75) is 33.3 Å². The Balaban J connectivity index is 2.18. The van der Waals surface area contributed by atoms with Crippen LogP contribution in [0.2, 0.25) is 0 Å². The minimum absolute atomic E-state index is 0.289. The van der Waals surface area contributed by atoms with Gasteiger partial charge in [0.05, 0.1) is 12.7 Å². The highest BCUT2D eigenvalue weighted by Gasteiger charge is 2.00. The largest absolute Gasteiger partial charge is 0.377 e. The fourth-order valence-electron chi connectivity index (χ4n) is 0.922. The van der Waals surface area contributed by atoms with Crippen LogP contribution in [0.1, 0.15) is 26.6 Å². The van der Waals surface area contributed by atoms with Gasteiger partial charge in [0.2, 0.25) is 5.13 Å². The van der Waals surface area contributed by atoms with Crippen molar-refractivity contribution in [2.75, 3.05) is 18.5 Å². The fourth-order valence-corrected chi connectivity index (χ4v) is 1.60. The van der Waals surface area contributed by atoms with Gasteiger partial charge in [-0.25, -0.2) is 4.98 Å². The maximum absolute atomic E-state index is 5.39. The van der Waals surface area contributed by atoms with Gasteiger partial charge in [0.25, 0.3) is 0 Å². The van der Waals surface area contributed by atoms with Crippen LogP contribution in [0.15, 0.2) is 0 Å². The van der Waals surface area contributed by atoms with Crippen molar-refractivity contribution in [1.29, 1.82) is 0 Å². The van der Waals surface area contributed by atoms with E-state index in [1.54, 1.807) is 0 Å². The predicted molar refractivity (Wildman–Crippen MR) is 58.9 cm³/mol. The van der Waals surface area contributed by atoms with E-state index in [-0.39, 0.29) is 6.10 Å². The molecule has 0 saturated carbocycles. The first-order valence-corrected chi connectivity index (χ1v) is 5.67. The van der Waals surface area contributed by atoms with Gasteiger partial charge in [0.15, 0.2) is 0 Å². The molecule has 1 heterocycles. The molecule has 0 spiro atoms. The lowest BCUT2D eigenvalue weighted by molar-refractivity contribution is 0.0870. The standard InChI is InChI=1S/C9H17N3OS/c1-4-8-11-9(14-12-8)10-5-6-13-7(2)3/h7H,4-6H2,1-3H3,(H,10,11,12). The molecule has 0 radical (unpaired) electrons. The number of aromatic nitrogens is 2. The number of nitrogens with zero attached hydrogens (tertiary/aromatic N) is 2. The van der Waals surface area contributed by atoms with Crippen molar-refractivity contribution < 1.29 is 4.74 Å². The molecule has 14 heavy (non-hydrogen) atoms. The minimum atomic E-state index is 0.289. The summed E-state index contributed by atoms with van der Waals surface area (Å²) in [4.78, 5) is 4.29. The lowest BCUT2D eigenvalue weighted by Gasteiger charge is -2.06. The van der Waals surface area contributed by atoms with Crippen LogP contribution in [0.25, 0.3) is 0 Å². The van der Waals surface area contributed by atoms with Gasteiger partial charge in [0, 0.05) is 24.5 Å². The lowest BCUT2D eigenvalue weighted by Crippen LogP contribution is -2.13. The average molecular weight is 215 g/mol. The van der Waals surface area contributed by atoms with Crippen LogP contribution >= 0.6 is 11.5 Å². The number of ether oxygens (including phenoxy) is 1. The van der Waals surface area contributed by atoms with Crippen LogP contribution in [0.3, 0.4) is 0 Å². The maximum atomic E-state index is 5.39. The summed E-state index contributed by atoms with van der Waals surface area (Å²) in [5, 5.41) is 4.06. The van der Waals surface area contributed by atoms with E-state index in [2.05, 4.69) is 14.7 Å². The molecule has 1 N–H and O–H groups in total. The molecule has 0 amide bonds. The van der Waals surface area contributed by atoms with Crippen molar-refractivity contribution in [2.24, 2.45) is 0 Å². The Morgan fingerprint density at radius 2 is 2.29 bits per heavy atom. The summed E-state index contributed by atoms with van der Waals surface area (Å²) in [6.07, 6.45) is 1.18. The zero-order valence-corrected chi connectivity index (χ0v) is 9.73. The smallest absolute Gasteiger partial charge is 0.202 e. The minimum Gasteiger partial charge on any atom is -0.377 e. The summed E-state index contributed by atoms with van der Waals surface area (Å²) in [6.45, 7) is 7.60. The molecule has 0 atom stereocenters. The summed E-state index contributed by atoms with van der Waals surface area (Å²) < 4.78 is 9.57. The molecule has 80 valence electrons. The highest BCUT2D eigenvalue weighted by molar-refractivity contribution is 7.09. The van der Waals surface area contributed by atoms with Crippen LogP contribution < -0.4 is 5.32 Å². The van der Waals surface area contributed by atoms with Gasteiger partial charge in [-0.1, -0.05) is 6.92 Å². The molecule has 0 saturated heterocycles. The van der Waals surface area contributed by atoms with E-state index < -0.39 is 0 Å². The first-order chi connectivity index (χ1) is 6.72. The molecule has 0 bridgehead atoms. The van der Waals surface area contributed by atoms with Gasteiger partial charge >= 0.3 is 0 Å². The zero-order valence-electron chi connectivity index (χ0n) is 8.91. The Morgan fingerprint density at radius 1 is 1.50 bits per heavy atom. The van der Waals surface area contributed by atoms with Crippen molar-refractivity contribution in [3.8, 4) is 0 Å². The van der Waals surface area contributed by atoms with Gasteiger partial charge in [-0.2, -0.15) is 4.37 Å². The summed E-state index contributed by atoms with van der Waals surface area (Å²) in [5.41, 5.74) is 0. The molecule has 1 aromatic heterocycles. The monoisotopic (exact) mass is 215 g/mol. The number of rotatable bonds is 6. The van der Waals surface area contributed by atoms with Crippen LogP contribution in [0, 0.1) is 0 Å². The van der Waals surface area contributed by atoms with Crippen molar-refractivity contribution in [3.05, 3.63) is 5.82 Å². The van der Waals surface area contributed by atoms with Crippen LogP contribution in [-0.4, -0.2) is 28.6 Å². The molecule has 0 aromatic carbocycles. The summed E-state index contributed by atoms with van der Waals surface area (Å²) in [6, 6.07) is 0. The third-order valence-electron chi connectivity index (χ3n) is 1.61. The fraction of sp³-hybridized carbons (Fsp3) is 0.778. The van der Waals surface area contributed by atoms with Gasteiger partial charge in [-0.3, -0.25) is 0 Å². The van der Waals surface area contributed by atoms with E-state index in [0.29, 0.717) is 6.61 Å². The Kier molecular flexibility index (Phi) is 4.82. The predicted octanol–water partition coefficient (Wildman–Crippen LogP) is 1.94. The van der Waals surface area contributed by atoms with E-state index >= 15 is 0 Å². The highest BCUT2D eigenvalue weighted by atomic mass is 32.1. The molecule has 0 fully saturated rings. The number of nitrogens with one attached hydrogen (secondary N) is 1. The number of hydrogen-bond donors (Lipinski definition) is 1. The third kappa shape index (κ3) is 4.02. The van der Waals surface area contributed by atoms with Gasteiger partial charge in [0.1, 0.15) is 5.82 Å². The molecule has 4 nitrogen and oxygen atoms in total.